The van der Waals surface area contributed by atoms with Crippen molar-refractivity contribution in [3.8, 4) is 11.8 Å². The van der Waals surface area contributed by atoms with Crippen LogP contribution in [0.3, 0.4) is 0 Å². The van der Waals surface area contributed by atoms with E-state index in [0.717, 1.165) is 19.5 Å². The highest BCUT2D eigenvalue weighted by Crippen LogP contribution is 2.04. The second-order valence-corrected chi connectivity index (χ2v) is 4.86. The average Bonchev–Trinajstić information content (AvgIpc) is 2.62. The fraction of sp³-hybridized carbons (Fsp3) is 0.615. The van der Waals surface area contributed by atoms with Crippen LogP contribution >= 0.6 is 0 Å². The van der Waals surface area contributed by atoms with Crippen LogP contribution in [-0.4, -0.2) is 15.1 Å². The fourth-order valence-electron chi connectivity index (χ4n) is 1.35. The largest absolute Gasteiger partial charge is 0.332 e. The first kappa shape index (κ1) is 12.8. The molecule has 1 aromatic heterocycles. The van der Waals surface area contributed by atoms with E-state index in [0.29, 0.717) is 0 Å². The van der Waals surface area contributed by atoms with Crippen molar-refractivity contribution in [1.29, 1.82) is 0 Å². The third-order valence-corrected chi connectivity index (χ3v) is 2.25. The summed E-state index contributed by atoms with van der Waals surface area (Å²) in [5, 5.41) is 3.46. The molecule has 1 N–H and O–H groups in total. The lowest BCUT2D eigenvalue weighted by Crippen LogP contribution is -2.35. The van der Waals surface area contributed by atoms with Crippen molar-refractivity contribution >= 4 is 0 Å². The molecular weight excluding hydrogens is 198 g/mol. The normalized spacial score (nSPS) is 11.0. The van der Waals surface area contributed by atoms with Crippen LogP contribution in [0.15, 0.2) is 12.5 Å². The standard InChI is InChI=1S/C13H21N3/c1-5-6-7-8-16-11-14-9-12(16)10-15-13(2,3)4/h9,11,15H,7-8,10H2,1-4H3. The van der Waals surface area contributed by atoms with Crippen molar-refractivity contribution in [2.75, 3.05) is 0 Å². The van der Waals surface area contributed by atoms with Gasteiger partial charge in [-0.05, 0) is 27.7 Å². The van der Waals surface area contributed by atoms with Gasteiger partial charge in [0.2, 0.25) is 0 Å². The molecule has 1 rings (SSSR count). The number of hydrogen-bond donors (Lipinski definition) is 1. The lowest BCUT2D eigenvalue weighted by atomic mass is 10.1. The number of imidazole rings is 1. The lowest BCUT2D eigenvalue weighted by Gasteiger charge is -2.20. The van der Waals surface area contributed by atoms with E-state index in [-0.39, 0.29) is 5.54 Å². The van der Waals surface area contributed by atoms with Gasteiger partial charge in [-0.1, -0.05) is 0 Å². The minimum absolute atomic E-state index is 0.137. The Labute approximate surface area is 98.3 Å². The van der Waals surface area contributed by atoms with Crippen LogP contribution in [0.1, 0.15) is 39.8 Å². The second kappa shape index (κ2) is 5.72. The molecular formula is C13H21N3. The van der Waals surface area contributed by atoms with E-state index < -0.39 is 0 Å². The van der Waals surface area contributed by atoms with Gasteiger partial charge in [0.05, 0.1) is 12.0 Å². The molecule has 3 heteroatoms. The monoisotopic (exact) mass is 219 g/mol. The van der Waals surface area contributed by atoms with Crippen molar-refractivity contribution in [1.82, 2.24) is 14.9 Å². The zero-order valence-corrected chi connectivity index (χ0v) is 10.7. The Hall–Kier alpha value is -1.27. The molecule has 0 fully saturated rings. The summed E-state index contributed by atoms with van der Waals surface area (Å²) in [5.74, 6) is 5.97. The molecule has 3 nitrogen and oxygen atoms in total. The molecule has 0 aliphatic rings. The third kappa shape index (κ3) is 4.50. The number of nitrogens with one attached hydrogen (secondary N) is 1. The van der Waals surface area contributed by atoms with Crippen molar-refractivity contribution in [3.63, 3.8) is 0 Å². The Kier molecular flexibility index (Phi) is 4.57. The van der Waals surface area contributed by atoms with Gasteiger partial charge in [0.25, 0.3) is 0 Å². The first-order valence-corrected chi connectivity index (χ1v) is 5.66. The van der Waals surface area contributed by atoms with Crippen LogP contribution in [0.2, 0.25) is 0 Å². The van der Waals surface area contributed by atoms with Crippen molar-refractivity contribution in [3.05, 3.63) is 18.2 Å². The zero-order chi connectivity index (χ0) is 12.0. The number of hydrogen-bond acceptors (Lipinski definition) is 2. The topological polar surface area (TPSA) is 29.9 Å². The summed E-state index contributed by atoms with van der Waals surface area (Å²) in [6.45, 7) is 10.1. The van der Waals surface area contributed by atoms with Gasteiger partial charge < -0.3 is 9.88 Å². The summed E-state index contributed by atoms with van der Waals surface area (Å²) in [4.78, 5) is 4.18. The van der Waals surface area contributed by atoms with Crippen LogP contribution in [0.25, 0.3) is 0 Å². The van der Waals surface area contributed by atoms with Gasteiger partial charge in [-0.3, -0.25) is 0 Å². The van der Waals surface area contributed by atoms with E-state index in [9.17, 15) is 0 Å². The van der Waals surface area contributed by atoms with Gasteiger partial charge in [0.1, 0.15) is 0 Å². The number of aryl methyl sites for hydroxylation is 1. The van der Waals surface area contributed by atoms with Gasteiger partial charge in [-0.15, -0.1) is 11.8 Å². The number of nitrogens with zero attached hydrogens (tertiary/aromatic N) is 2. The summed E-state index contributed by atoms with van der Waals surface area (Å²) in [6.07, 6.45) is 4.67. The average molecular weight is 219 g/mol. The van der Waals surface area contributed by atoms with Crippen molar-refractivity contribution < 1.29 is 0 Å². The highest BCUT2D eigenvalue weighted by molar-refractivity contribution is 5.01. The SMILES string of the molecule is CC#CCCn1cncc1CNC(C)(C)C. The Morgan fingerprint density at radius 1 is 1.44 bits per heavy atom. The highest BCUT2D eigenvalue weighted by atomic mass is 15.1. The minimum atomic E-state index is 0.137. The fourth-order valence-corrected chi connectivity index (χ4v) is 1.35. The first-order valence-electron chi connectivity index (χ1n) is 5.66. The van der Waals surface area contributed by atoms with Crippen molar-refractivity contribution in [2.45, 2.75) is 52.7 Å². The smallest absolute Gasteiger partial charge is 0.0948 e. The van der Waals surface area contributed by atoms with Crippen LogP contribution in [0.5, 0.6) is 0 Å². The molecule has 1 heterocycles. The van der Waals surface area contributed by atoms with E-state index in [1.54, 1.807) is 0 Å². The van der Waals surface area contributed by atoms with Crippen LogP contribution in [0, 0.1) is 11.8 Å². The quantitative estimate of drug-likeness (QED) is 0.787. The Balaban J connectivity index is 2.52. The van der Waals surface area contributed by atoms with Gasteiger partial charge in [0.15, 0.2) is 0 Å². The van der Waals surface area contributed by atoms with Crippen LogP contribution in [0.4, 0.5) is 0 Å². The maximum Gasteiger partial charge on any atom is 0.0948 e. The summed E-state index contributed by atoms with van der Waals surface area (Å²) >= 11 is 0. The molecule has 0 unspecified atom stereocenters. The Morgan fingerprint density at radius 2 is 2.19 bits per heavy atom. The van der Waals surface area contributed by atoms with Gasteiger partial charge in [-0.2, -0.15) is 0 Å². The van der Waals surface area contributed by atoms with E-state index in [2.05, 4.69) is 47.5 Å². The third-order valence-electron chi connectivity index (χ3n) is 2.25. The minimum Gasteiger partial charge on any atom is -0.332 e. The first-order chi connectivity index (χ1) is 7.53. The van der Waals surface area contributed by atoms with Gasteiger partial charge in [0, 0.05) is 31.2 Å². The molecule has 16 heavy (non-hydrogen) atoms. The second-order valence-electron chi connectivity index (χ2n) is 4.86. The molecule has 0 radical (unpaired) electrons. The molecule has 0 saturated carbocycles. The van der Waals surface area contributed by atoms with E-state index >= 15 is 0 Å². The highest BCUT2D eigenvalue weighted by Gasteiger charge is 2.10. The molecule has 0 aromatic carbocycles. The molecule has 0 atom stereocenters. The van der Waals surface area contributed by atoms with E-state index in [4.69, 9.17) is 0 Å². The molecule has 0 aliphatic carbocycles. The van der Waals surface area contributed by atoms with E-state index in [1.807, 2.05) is 19.4 Å². The van der Waals surface area contributed by atoms with Crippen LogP contribution in [-0.2, 0) is 13.1 Å². The van der Waals surface area contributed by atoms with E-state index in [1.165, 1.54) is 5.69 Å². The number of rotatable bonds is 4. The van der Waals surface area contributed by atoms with Gasteiger partial charge in [-0.25, -0.2) is 4.98 Å². The predicted octanol–water partition coefficient (Wildman–Crippen LogP) is 2.18. The predicted molar refractivity (Wildman–Crippen MR) is 66.9 cm³/mol. The summed E-state index contributed by atoms with van der Waals surface area (Å²) in [6, 6.07) is 0. The molecule has 0 aliphatic heterocycles. The molecule has 0 bridgehead atoms. The molecule has 0 spiro atoms. The maximum atomic E-state index is 4.18. The van der Waals surface area contributed by atoms with Gasteiger partial charge >= 0.3 is 0 Å². The zero-order valence-electron chi connectivity index (χ0n) is 10.7. The molecule has 0 amide bonds. The Morgan fingerprint density at radius 3 is 2.81 bits per heavy atom. The lowest BCUT2D eigenvalue weighted by molar-refractivity contribution is 0.415. The maximum absolute atomic E-state index is 4.18. The van der Waals surface area contributed by atoms with Crippen LogP contribution < -0.4 is 5.32 Å². The molecule has 88 valence electrons. The Bertz CT molecular complexity index is 374. The molecule has 1 aromatic rings. The summed E-state index contributed by atoms with van der Waals surface area (Å²) in [7, 11) is 0. The number of aromatic nitrogens is 2. The summed E-state index contributed by atoms with van der Waals surface area (Å²) < 4.78 is 2.16. The van der Waals surface area contributed by atoms with Crippen molar-refractivity contribution in [2.24, 2.45) is 0 Å². The summed E-state index contributed by atoms with van der Waals surface area (Å²) in [5.41, 5.74) is 1.35. The molecule has 0 saturated heterocycles.